The summed E-state index contributed by atoms with van der Waals surface area (Å²) >= 11 is 3.46. The highest BCUT2D eigenvalue weighted by atomic mass is 79.9. The van der Waals surface area contributed by atoms with E-state index in [-0.39, 0.29) is 23.4 Å². The minimum atomic E-state index is -4.14. The fourth-order valence-electron chi connectivity index (χ4n) is 4.00. The molecule has 0 aromatic heterocycles. The van der Waals surface area contributed by atoms with Gasteiger partial charge in [0.15, 0.2) is 0 Å². The summed E-state index contributed by atoms with van der Waals surface area (Å²) < 4.78 is 35.1. The number of carbonyl (C=O) groups is 2. The summed E-state index contributed by atoms with van der Waals surface area (Å²) in [5.41, 5.74) is 1.13. The molecular formula is C30H36BrN3O5S. The summed E-state index contributed by atoms with van der Waals surface area (Å²) in [4.78, 5) is 28.5. The molecule has 0 aliphatic carbocycles. The molecule has 0 saturated heterocycles. The number of benzene rings is 3. The van der Waals surface area contributed by atoms with E-state index in [1.165, 1.54) is 17.0 Å². The van der Waals surface area contributed by atoms with Gasteiger partial charge in [-0.25, -0.2) is 8.42 Å². The van der Waals surface area contributed by atoms with Crippen molar-refractivity contribution in [3.8, 4) is 5.75 Å². The lowest BCUT2D eigenvalue weighted by Crippen LogP contribution is -2.52. The van der Waals surface area contributed by atoms with E-state index in [0.29, 0.717) is 18.0 Å². The normalized spacial score (nSPS) is 12.7. The summed E-state index contributed by atoms with van der Waals surface area (Å²) in [5, 5.41) is 2.93. The number of hydrogen-bond donors (Lipinski definition) is 1. The van der Waals surface area contributed by atoms with Crippen LogP contribution in [-0.2, 0) is 26.2 Å². The smallest absolute Gasteiger partial charge is 0.264 e. The SMILES string of the molecule is CCOc1ccc(S(=O)(=O)N(CC(=O)N(Cc2cccc(Br)c2)[C@@H](C)C(=O)N[C@@H](C)CC)c2ccccc2)cc1. The van der Waals surface area contributed by atoms with Gasteiger partial charge in [0.1, 0.15) is 18.3 Å². The molecule has 1 N–H and O–H groups in total. The van der Waals surface area contributed by atoms with Crippen LogP contribution in [0.1, 0.15) is 39.7 Å². The number of halogens is 1. The Bertz CT molecular complexity index is 1380. The number of carbonyl (C=O) groups excluding carboxylic acids is 2. The van der Waals surface area contributed by atoms with Crippen LogP contribution in [0.3, 0.4) is 0 Å². The number of nitrogens with zero attached hydrogens (tertiary/aromatic N) is 2. The Morgan fingerprint density at radius 2 is 1.62 bits per heavy atom. The maximum atomic E-state index is 13.9. The van der Waals surface area contributed by atoms with Crippen LogP contribution in [0.15, 0.2) is 88.2 Å². The highest BCUT2D eigenvalue weighted by Crippen LogP contribution is 2.26. The third-order valence-corrected chi connectivity index (χ3v) is 8.74. The monoisotopic (exact) mass is 629 g/mol. The van der Waals surface area contributed by atoms with Crippen molar-refractivity contribution >= 4 is 43.5 Å². The molecule has 10 heteroatoms. The molecule has 2 amide bonds. The molecule has 0 spiro atoms. The van der Waals surface area contributed by atoms with Crippen LogP contribution in [-0.4, -0.2) is 50.4 Å². The van der Waals surface area contributed by atoms with Gasteiger partial charge >= 0.3 is 0 Å². The molecule has 0 radical (unpaired) electrons. The molecule has 0 saturated carbocycles. The van der Waals surface area contributed by atoms with E-state index in [2.05, 4.69) is 21.2 Å². The Kier molecular flexibility index (Phi) is 11.2. The van der Waals surface area contributed by atoms with Gasteiger partial charge in [-0.1, -0.05) is 53.2 Å². The van der Waals surface area contributed by atoms with Gasteiger partial charge in [0.05, 0.1) is 17.2 Å². The lowest BCUT2D eigenvalue weighted by atomic mass is 10.1. The van der Waals surface area contributed by atoms with Gasteiger partial charge in [0.25, 0.3) is 10.0 Å². The highest BCUT2D eigenvalue weighted by Gasteiger charge is 2.32. The first-order valence-corrected chi connectivity index (χ1v) is 15.4. The number of anilines is 1. The molecule has 0 aliphatic heterocycles. The molecule has 3 rings (SSSR count). The minimum absolute atomic E-state index is 0.0220. The molecule has 0 fully saturated rings. The Balaban J connectivity index is 1.99. The lowest BCUT2D eigenvalue weighted by Gasteiger charge is -2.32. The summed E-state index contributed by atoms with van der Waals surface area (Å²) in [6.07, 6.45) is 0.736. The molecule has 3 aromatic carbocycles. The highest BCUT2D eigenvalue weighted by molar-refractivity contribution is 9.10. The summed E-state index contributed by atoms with van der Waals surface area (Å²) in [6, 6.07) is 21.1. The molecule has 214 valence electrons. The zero-order valence-corrected chi connectivity index (χ0v) is 25.6. The predicted octanol–water partition coefficient (Wildman–Crippen LogP) is 5.38. The van der Waals surface area contributed by atoms with Crippen molar-refractivity contribution in [1.29, 1.82) is 0 Å². The van der Waals surface area contributed by atoms with Gasteiger partial charge in [0.2, 0.25) is 11.8 Å². The molecule has 0 unspecified atom stereocenters. The van der Waals surface area contributed by atoms with Crippen LogP contribution in [0, 0.1) is 0 Å². The average molecular weight is 631 g/mol. The van der Waals surface area contributed by atoms with Gasteiger partial charge in [-0.05, 0) is 81.3 Å². The maximum absolute atomic E-state index is 13.9. The Hall–Kier alpha value is -3.37. The van der Waals surface area contributed by atoms with Crippen molar-refractivity contribution in [3.63, 3.8) is 0 Å². The van der Waals surface area contributed by atoms with Crippen LogP contribution in [0.5, 0.6) is 5.75 Å². The van der Waals surface area contributed by atoms with Crippen LogP contribution < -0.4 is 14.4 Å². The van der Waals surface area contributed by atoms with Crippen molar-refractivity contribution in [3.05, 3.63) is 88.9 Å². The van der Waals surface area contributed by atoms with Crippen LogP contribution in [0.25, 0.3) is 0 Å². The second-order valence-electron chi connectivity index (χ2n) is 9.40. The van der Waals surface area contributed by atoms with Crippen molar-refractivity contribution in [2.24, 2.45) is 0 Å². The predicted molar refractivity (Wildman–Crippen MR) is 161 cm³/mol. The molecule has 8 nitrogen and oxygen atoms in total. The second-order valence-corrected chi connectivity index (χ2v) is 12.2. The number of hydrogen-bond acceptors (Lipinski definition) is 5. The number of ether oxygens (including phenoxy) is 1. The second kappa shape index (κ2) is 14.3. The van der Waals surface area contributed by atoms with Gasteiger partial charge in [-0.15, -0.1) is 0 Å². The van der Waals surface area contributed by atoms with Crippen LogP contribution >= 0.6 is 15.9 Å². The Morgan fingerprint density at radius 3 is 2.23 bits per heavy atom. The van der Waals surface area contributed by atoms with Gasteiger partial charge < -0.3 is 15.0 Å². The van der Waals surface area contributed by atoms with Crippen molar-refractivity contribution in [2.75, 3.05) is 17.5 Å². The summed E-state index contributed by atoms with van der Waals surface area (Å²) in [5.74, 6) is -0.270. The van der Waals surface area contributed by atoms with E-state index >= 15 is 0 Å². The van der Waals surface area contributed by atoms with E-state index in [1.807, 2.05) is 45.0 Å². The Labute approximate surface area is 245 Å². The lowest BCUT2D eigenvalue weighted by molar-refractivity contribution is -0.139. The molecular weight excluding hydrogens is 594 g/mol. The standard InChI is InChI=1S/C30H36BrN3O5S/c1-5-22(3)32-30(36)23(4)33(20-24-11-10-12-25(31)19-24)29(35)21-34(26-13-8-7-9-14-26)40(37,38)28-17-15-27(16-18-28)39-6-2/h7-19,22-23H,5-6,20-21H2,1-4H3,(H,32,36)/t22-,23-/m0/s1. The van der Waals surface area contributed by atoms with E-state index in [0.717, 1.165) is 20.8 Å². The number of amides is 2. The quantitative estimate of drug-likeness (QED) is 0.274. The topological polar surface area (TPSA) is 96.0 Å². The first-order valence-electron chi connectivity index (χ1n) is 13.2. The van der Waals surface area contributed by atoms with E-state index < -0.39 is 28.5 Å². The van der Waals surface area contributed by atoms with Crippen molar-refractivity contribution < 1.29 is 22.7 Å². The zero-order chi connectivity index (χ0) is 29.3. The van der Waals surface area contributed by atoms with Gasteiger partial charge in [-0.3, -0.25) is 13.9 Å². The molecule has 3 aromatic rings. The van der Waals surface area contributed by atoms with Crippen molar-refractivity contribution in [2.45, 2.75) is 57.6 Å². The molecule has 0 heterocycles. The van der Waals surface area contributed by atoms with Crippen LogP contribution in [0.4, 0.5) is 5.69 Å². The fourth-order valence-corrected chi connectivity index (χ4v) is 5.87. The number of nitrogens with one attached hydrogen (secondary N) is 1. The number of para-hydroxylation sites is 1. The average Bonchev–Trinajstić information content (AvgIpc) is 2.95. The molecule has 40 heavy (non-hydrogen) atoms. The third-order valence-electron chi connectivity index (χ3n) is 6.46. The first kappa shape index (κ1) is 31.2. The third kappa shape index (κ3) is 8.08. The maximum Gasteiger partial charge on any atom is 0.264 e. The van der Waals surface area contributed by atoms with Gasteiger partial charge in [0, 0.05) is 17.1 Å². The Morgan fingerprint density at radius 1 is 0.950 bits per heavy atom. The molecule has 2 atom stereocenters. The largest absolute Gasteiger partial charge is 0.494 e. The summed E-state index contributed by atoms with van der Waals surface area (Å²) in [6.45, 7) is 7.44. The minimum Gasteiger partial charge on any atom is -0.494 e. The first-order chi connectivity index (χ1) is 19.1. The van der Waals surface area contributed by atoms with E-state index in [4.69, 9.17) is 4.74 Å². The molecule has 0 bridgehead atoms. The number of rotatable bonds is 13. The van der Waals surface area contributed by atoms with Crippen LogP contribution in [0.2, 0.25) is 0 Å². The summed E-state index contributed by atoms with van der Waals surface area (Å²) in [7, 11) is -4.14. The van der Waals surface area contributed by atoms with Crippen molar-refractivity contribution in [1.82, 2.24) is 10.2 Å². The van der Waals surface area contributed by atoms with Gasteiger partial charge in [-0.2, -0.15) is 0 Å². The molecule has 0 aliphatic rings. The van der Waals surface area contributed by atoms with E-state index in [1.54, 1.807) is 49.4 Å². The fraction of sp³-hybridized carbons (Fsp3) is 0.333. The zero-order valence-electron chi connectivity index (χ0n) is 23.2. The van der Waals surface area contributed by atoms with E-state index in [9.17, 15) is 18.0 Å². The number of sulfonamides is 1.